The van der Waals surface area contributed by atoms with Gasteiger partial charge in [0.1, 0.15) is 6.04 Å². The predicted molar refractivity (Wildman–Crippen MR) is 109 cm³/mol. The highest BCUT2D eigenvalue weighted by atomic mass is 32.1. The first kappa shape index (κ1) is 19.8. The first-order chi connectivity index (χ1) is 12.4. The fourth-order valence-electron chi connectivity index (χ4n) is 2.68. The maximum absolute atomic E-state index is 10.7. The molecule has 0 radical (unpaired) electrons. The van der Waals surface area contributed by atoms with E-state index in [9.17, 15) is 10.1 Å². The van der Waals surface area contributed by atoms with Crippen molar-refractivity contribution in [1.82, 2.24) is 5.32 Å². The van der Waals surface area contributed by atoms with Gasteiger partial charge in [-0.15, -0.1) is 0 Å². The minimum Gasteiger partial charge on any atom is -0.356 e. The topological polar surface area (TPSA) is 71.6 Å². The summed E-state index contributed by atoms with van der Waals surface area (Å²) in [6.07, 6.45) is 1.03. The standard InChI is InChI=1S/C19H24N4O2S/c1-4-14-5-7-15(8-6-14)18(22(2)3)13-20-19(26)21-16-9-11-17(12-10-16)23(24)25/h5-12,18H,4,13H2,1-3H3,(H2,20,21,26)/p+1/t18-/m0/s1. The number of benzene rings is 2. The lowest BCUT2D eigenvalue weighted by Crippen LogP contribution is -3.07. The van der Waals surface area contributed by atoms with Crippen molar-refractivity contribution < 1.29 is 9.82 Å². The molecule has 0 saturated carbocycles. The zero-order valence-electron chi connectivity index (χ0n) is 15.3. The fourth-order valence-corrected chi connectivity index (χ4v) is 2.88. The van der Waals surface area contributed by atoms with Crippen LogP contribution in [0.15, 0.2) is 48.5 Å². The maximum atomic E-state index is 10.7. The van der Waals surface area contributed by atoms with Crippen LogP contribution in [0.4, 0.5) is 11.4 Å². The largest absolute Gasteiger partial charge is 0.356 e. The number of quaternary nitrogens is 1. The van der Waals surface area contributed by atoms with E-state index in [0.717, 1.165) is 6.42 Å². The SMILES string of the molecule is CCc1ccc([C@H](CNC(=S)Nc2ccc([N+](=O)[O-])cc2)[NH+](C)C)cc1. The Kier molecular flexibility index (Phi) is 7.06. The normalized spacial score (nSPS) is 11.8. The number of nitrogens with zero attached hydrogens (tertiary/aromatic N) is 1. The molecular weight excluding hydrogens is 348 g/mol. The summed E-state index contributed by atoms with van der Waals surface area (Å²) in [5.41, 5.74) is 3.35. The molecular formula is C19H25N4O2S+. The zero-order chi connectivity index (χ0) is 19.1. The summed E-state index contributed by atoms with van der Waals surface area (Å²) >= 11 is 5.35. The summed E-state index contributed by atoms with van der Waals surface area (Å²) in [6, 6.07) is 15.1. The maximum Gasteiger partial charge on any atom is 0.269 e. The van der Waals surface area contributed by atoms with E-state index < -0.39 is 4.92 Å². The first-order valence-corrected chi connectivity index (χ1v) is 8.99. The van der Waals surface area contributed by atoms with Crippen LogP contribution in [0.1, 0.15) is 24.1 Å². The van der Waals surface area contributed by atoms with Crippen molar-refractivity contribution in [2.24, 2.45) is 0 Å². The van der Waals surface area contributed by atoms with Crippen molar-refractivity contribution in [1.29, 1.82) is 0 Å². The van der Waals surface area contributed by atoms with E-state index in [1.807, 2.05) is 0 Å². The minimum absolute atomic E-state index is 0.0567. The summed E-state index contributed by atoms with van der Waals surface area (Å²) in [4.78, 5) is 11.6. The lowest BCUT2D eigenvalue weighted by molar-refractivity contribution is -0.890. The van der Waals surface area contributed by atoms with Gasteiger partial charge in [-0.2, -0.15) is 0 Å². The van der Waals surface area contributed by atoms with E-state index in [-0.39, 0.29) is 11.7 Å². The van der Waals surface area contributed by atoms with E-state index in [1.165, 1.54) is 28.2 Å². The van der Waals surface area contributed by atoms with Gasteiger partial charge in [0.2, 0.25) is 0 Å². The molecule has 0 unspecified atom stereocenters. The second-order valence-electron chi connectivity index (χ2n) is 6.36. The van der Waals surface area contributed by atoms with Gasteiger partial charge in [-0.25, -0.2) is 0 Å². The Morgan fingerprint density at radius 3 is 2.27 bits per heavy atom. The van der Waals surface area contributed by atoms with Crippen molar-refractivity contribution in [3.8, 4) is 0 Å². The van der Waals surface area contributed by atoms with Gasteiger partial charge in [-0.3, -0.25) is 10.1 Å². The molecule has 0 spiro atoms. The molecule has 1 atom stereocenters. The minimum atomic E-state index is -0.422. The molecule has 2 aromatic rings. The Morgan fingerprint density at radius 1 is 1.15 bits per heavy atom. The molecule has 0 saturated heterocycles. The van der Waals surface area contributed by atoms with Gasteiger partial charge >= 0.3 is 0 Å². The second-order valence-corrected chi connectivity index (χ2v) is 6.77. The molecule has 0 amide bonds. The van der Waals surface area contributed by atoms with Gasteiger partial charge in [0.05, 0.1) is 25.6 Å². The number of hydrogen-bond acceptors (Lipinski definition) is 3. The summed E-state index contributed by atoms with van der Waals surface area (Å²) < 4.78 is 0. The molecule has 0 aliphatic carbocycles. The van der Waals surface area contributed by atoms with Crippen molar-refractivity contribution in [3.63, 3.8) is 0 Å². The van der Waals surface area contributed by atoms with Crippen LogP contribution in [0, 0.1) is 10.1 Å². The van der Waals surface area contributed by atoms with E-state index in [0.29, 0.717) is 17.3 Å². The number of nitro groups is 1. The van der Waals surface area contributed by atoms with Gasteiger partial charge in [-0.1, -0.05) is 31.2 Å². The summed E-state index contributed by atoms with van der Waals surface area (Å²) in [5.74, 6) is 0. The van der Waals surface area contributed by atoms with Gasteiger partial charge in [0, 0.05) is 23.4 Å². The highest BCUT2D eigenvalue weighted by Gasteiger charge is 2.18. The van der Waals surface area contributed by atoms with Gasteiger partial charge < -0.3 is 15.5 Å². The molecule has 6 nitrogen and oxygen atoms in total. The number of likely N-dealkylation sites (N-methyl/N-ethyl adjacent to an activating group) is 1. The van der Waals surface area contributed by atoms with Crippen LogP contribution in [-0.4, -0.2) is 30.7 Å². The van der Waals surface area contributed by atoms with E-state index in [1.54, 1.807) is 12.1 Å². The highest BCUT2D eigenvalue weighted by Crippen LogP contribution is 2.15. The highest BCUT2D eigenvalue weighted by molar-refractivity contribution is 7.80. The number of nitrogens with one attached hydrogen (secondary N) is 3. The average molecular weight is 374 g/mol. The Balaban J connectivity index is 1.95. The van der Waals surface area contributed by atoms with Crippen molar-refractivity contribution >= 4 is 28.7 Å². The molecule has 7 heteroatoms. The number of non-ortho nitro benzene ring substituents is 1. The van der Waals surface area contributed by atoms with E-state index in [4.69, 9.17) is 12.2 Å². The number of nitro benzene ring substituents is 1. The number of aryl methyl sites for hydroxylation is 1. The van der Waals surface area contributed by atoms with Crippen molar-refractivity contribution in [2.75, 3.05) is 26.0 Å². The second kappa shape index (κ2) is 9.26. The molecule has 0 aromatic heterocycles. The van der Waals surface area contributed by atoms with Crippen LogP contribution < -0.4 is 15.5 Å². The third-order valence-corrected chi connectivity index (χ3v) is 4.54. The Labute approximate surface area is 159 Å². The molecule has 0 aliphatic heterocycles. The molecule has 2 rings (SSSR count). The fraction of sp³-hybridized carbons (Fsp3) is 0.316. The Bertz CT molecular complexity index is 745. The number of rotatable bonds is 7. The molecule has 0 fully saturated rings. The quantitative estimate of drug-likeness (QED) is 0.395. The molecule has 138 valence electrons. The van der Waals surface area contributed by atoms with Crippen molar-refractivity contribution in [2.45, 2.75) is 19.4 Å². The lowest BCUT2D eigenvalue weighted by atomic mass is 10.0. The monoisotopic (exact) mass is 373 g/mol. The van der Waals surface area contributed by atoms with Gasteiger partial charge in [-0.05, 0) is 36.3 Å². The van der Waals surface area contributed by atoms with E-state index >= 15 is 0 Å². The van der Waals surface area contributed by atoms with Crippen molar-refractivity contribution in [3.05, 3.63) is 69.8 Å². The van der Waals surface area contributed by atoms with Crippen LogP contribution in [0.25, 0.3) is 0 Å². The van der Waals surface area contributed by atoms with E-state index in [2.05, 4.69) is 55.9 Å². The van der Waals surface area contributed by atoms with Crippen LogP contribution in [0.2, 0.25) is 0 Å². The molecule has 26 heavy (non-hydrogen) atoms. The molecule has 2 aromatic carbocycles. The van der Waals surface area contributed by atoms with Crippen LogP contribution >= 0.6 is 12.2 Å². The molecule has 3 N–H and O–H groups in total. The average Bonchev–Trinajstić information content (AvgIpc) is 2.62. The summed E-state index contributed by atoms with van der Waals surface area (Å²) in [6.45, 7) is 2.83. The zero-order valence-corrected chi connectivity index (χ0v) is 16.1. The smallest absolute Gasteiger partial charge is 0.269 e. The van der Waals surface area contributed by atoms with Gasteiger partial charge in [0.25, 0.3) is 5.69 Å². The Hall–Kier alpha value is -2.51. The third-order valence-electron chi connectivity index (χ3n) is 4.29. The van der Waals surface area contributed by atoms with Crippen LogP contribution in [-0.2, 0) is 6.42 Å². The molecule has 0 heterocycles. The van der Waals surface area contributed by atoms with Gasteiger partial charge in [0.15, 0.2) is 5.11 Å². The lowest BCUT2D eigenvalue weighted by Gasteiger charge is -2.23. The van der Waals surface area contributed by atoms with Crippen LogP contribution in [0.5, 0.6) is 0 Å². The third kappa shape index (κ3) is 5.50. The number of hydrogen-bond donors (Lipinski definition) is 3. The predicted octanol–water partition coefficient (Wildman–Crippen LogP) is 2.33. The Morgan fingerprint density at radius 2 is 1.77 bits per heavy atom. The number of thiocarbonyl (C=S) groups is 1. The first-order valence-electron chi connectivity index (χ1n) is 8.59. The number of anilines is 1. The molecule has 0 bridgehead atoms. The summed E-state index contributed by atoms with van der Waals surface area (Å²) in [7, 11) is 4.24. The van der Waals surface area contributed by atoms with Crippen LogP contribution in [0.3, 0.4) is 0 Å². The molecule has 0 aliphatic rings. The summed E-state index contributed by atoms with van der Waals surface area (Å²) in [5, 5.41) is 17.5.